The summed E-state index contributed by atoms with van der Waals surface area (Å²) in [4.78, 5) is 12.6. The van der Waals surface area contributed by atoms with Crippen LogP contribution in [0.2, 0.25) is 0 Å². The molecule has 0 radical (unpaired) electrons. The van der Waals surface area contributed by atoms with Crippen LogP contribution in [0.15, 0.2) is 53.4 Å². The average Bonchev–Trinajstić information content (AvgIpc) is 3.33. The highest BCUT2D eigenvalue weighted by Crippen LogP contribution is 2.27. The summed E-state index contributed by atoms with van der Waals surface area (Å²) in [6.07, 6.45) is 1.17. The summed E-state index contributed by atoms with van der Waals surface area (Å²) in [7, 11) is -3.43. The molecule has 8 heteroatoms. The Morgan fingerprint density at radius 3 is 2.34 bits per heavy atom. The molecule has 0 spiro atoms. The van der Waals surface area contributed by atoms with Crippen LogP contribution in [0.25, 0.3) is 0 Å². The van der Waals surface area contributed by atoms with E-state index in [9.17, 15) is 13.2 Å². The number of para-hydroxylation sites is 1. The van der Waals surface area contributed by atoms with Crippen molar-refractivity contribution in [2.45, 2.75) is 50.5 Å². The molecule has 174 valence electrons. The zero-order valence-electron chi connectivity index (χ0n) is 18.9. The van der Waals surface area contributed by atoms with E-state index in [1.54, 1.807) is 31.2 Å². The summed E-state index contributed by atoms with van der Waals surface area (Å²) < 4.78 is 38.1. The molecule has 0 unspecified atom stereocenters. The summed E-state index contributed by atoms with van der Waals surface area (Å²) in [6, 6.07) is 14.1. The maximum atomic E-state index is 12.6. The molecule has 0 bridgehead atoms. The largest absolute Gasteiger partial charge is 0.492 e. The maximum absolute atomic E-state index is 12.6. The molecule has 0 aliphatic carbocycles. The Balaban J connectivity index is 1.44. The second kappa shape index (κ2) is 10.8. The molecule has 1 amide bonds. The Bertz CT molecular complexity index is 999. The Kier molecular flexibility index (Phi) is 8.15. The minimum absolute atomic E-state index is 0.223. The normalized spacial score (nSPS) is 15.5. The highest BCUT2D eigenvalue weighted by molar-refractivity contribution is 7.89. The number of amides is 1. The predicted molar refractivity (Wildman–Crippen MR) is 124 cm³/mol. The van der Waals surface area contributed by atoms with E-state index >= 15 is 0 Å². The van der Waals surface area contributed by atoms with Crippen molar-refractivity contribution in [2.24, 2.45) is 0 Å². The topological polar surface area (TPSA) is 84.9 Å². The fourth-order valence-corrected chi connectivity index (χ4v) is 5.10. The third kappa shape index (κ3) is 6.01. The molecule has 2 aromatic rings. The van der Waals surface area contributed by atoms with Crippen molar-refractivity contribution in [1.82, 2.24) is 9.62 Å². The Hall–Kier alpha value is -2.58. The Labute approximate surface area is 190 Å². The zero-order chi connectivity index (χ0) is 23.1. The van der Waals surface area contributed by atoms with Gasteiger partial charge >= 0.3 is 0 Å². The number of hydrogen-bond donors (Lipinski definition) is 1. The van der Waals surface area contributed by atoms with E-state index in [-0.39, 0.29) is 17.4 Å². The molecule has 0 saturated carbocycles. The summed E-state index contributed by atoms with van der Waals surface area (Å²) in [5.41, 5.74) is 1.06. The van der Waals surface area contributed by atoms with Crippen molar-refractivity contribution in [3.63, 3.8) is 0 Å². The molecule has 1 saturated heterocycles. The second-order valence-electron chi connectivity index (χ2n) is 8.17. The standard InChI is InChI=1S/C24H32N2O5S/c1-18(2)22-8-4-5-9-23(22)31-19(3)24(27)25-14-17-30-20-10-12-21(13-11-20)32(28,29)26-15-6-7-16-26/h4-5,8-13,18-19H,6-7,14-17H2,1-3H3,(H,25,27)/t19-/m0/s1. The highest BCUT2D eigenvalue weighted by Gasteiger charge is 2.27. The van der Waals surface area contributed by atoms with Gasteiger partial charge in [-0.05, 0) is 61.6 Å². The predicted octanol–water partition coefficient (Wildman–Crippen LogP) is 3.56. The Morgan fingerprint density at radius 1 is 1.03 bits per heavy atom. The molecule has 7 nitrogen and oxygen atoms in total. The lowest BCUT2D eigenvalue weighted by molar-refractivity contribution is -0.127. The van der Waals surface area contributed by atoms with Gasteiger partial charge < -0.3 is 14.8 Å². The Morgan fingerprint density at radius 2 is 1.69 bits per heavy atom. The van der Waals surface area contributed by atoms with Gasteiger partial charge in [-0.2, -0.15) is 4.31 Å². The monoisotopic (exact) mass is 460 g/mol. The number of ether oxygens (including phenoxy) is 2. The molecule has 2 aromatic carbocycles. The van der Waals surface area contributed by atoms with E-state index in [2.05, 4.69) is 19.2 Å². The number of hydrogen-bond acceptors (Lipinski definition) is 5. The molecule has 0 aromatic heterocycles. The summed E-state index contributed by atoms with van der Waals surface area (Å²) in [5.74, 6) is 1.34. The first-order chi connectivity index (χ1) is 15.3. The van der Waals surface area contributed by atoms with Gasteiger partial charge in [0.05, 0.1) is 11.4 Å². The third-order valence-corrected chi connectivity index (χ3v) is 7.32. The van der Waals surface area contributed by atoms with E-state index in [0.717, 1.165) is 18.4 Å². The van der Waals surface area contributed by atoms with Gasteiger partial charge in [-0.25, -0.2) is 8.42 Å². The molecule has 1 fully saturated rings. The van der Waals surface area contributed by atoms with Crippen LogP contribution in [0, 0.1) is 0 Å². The van der Waals surface area contributed by atoms with Crippen LogP contribution < -0.4 is 14.8 Å². The zero-order valence-corrected chi connectivity index (χ0v) is 19.7. The van der Waals surface area contributed by atoms with Gasteiger partial charge in [0.1, 0.15) is 18.1 Å². The first-order valence-corrected chi connectivity index (χ1v) is 12.5. The number of carbonyl (C=O) groups is 1. The van der Waals surface area contributed by atoms with Gasteiger partial charge in [0.2, 0.25) is 10.0 Å². The molecule has 1 aliphatic heterocycles. The van der Waals surface area contributed by atoms with Crippen LogP contribution in [0.1, 0.15) is 45.1 Å². The van der Waals surface area contributed by atoms with Gasteiger partial charge in [-0.1, -0.05) is 32.0 Å². The highest BCUT2D eigenvalue weighted by atomic mass is 32.2. The van der Waals surface area contributed by atoms with Crippen molar-refractivity contribution in [1.29, 1.82) is 0 Å². The van der Waals surface area contributed by atoms with Crippen LogP contribution in [0.5, 0.6) is 11.5 Å². The lowest BCUT2D eigenvalue weighted by Gasteiger charge is -2.18. The van der Waals surface area contributed by atoms with Gasteiger partial charge in [-0.15, -0.1) is 0 Å². The lowest BCUT2D eigenvalue weighted by Crippen LogP contribution is -2.38. The van der Waals surface area contributed by atoms with Gasteiger partial charge in [0, 0.05) is 13.1 Å². The molecular weight excluding hydrogens is 428 g/mol. The van der Waals surface area contributed by atoms with Crippen LogP contribution in [0.3, 0.4) is 0 Å². The average molecular weight is 461 g/mol. The number of rotatable bonds is 10. The summed E-state index contributed by atoms with van der Waals surface area (Å²) >= 11 is 0. The van der Waals surface area contributed by atoms with Crippen molar-refractivity contribution in [3.05, 3.63) is 54.1 Å². The van der Waals surface area contributed by atoms with E-state index in [4.69, 9.17) is 9.47 Å². The summed E-state index contributed by atoms with van der Waals surface area (Å²) in [5, 5.41) is 2.80. The van der Waals surface area contributed by atoms with E-state index in [1.165, 1.54) is 4.31 Å². The molecule has 1 atom stereocenters. The number of sulfonamides is 1. The van der Waals surface area contributed by atoms with Crippen LogP contribution >= 0.6 is 0 Å². The summed E-state index contributed by atoms with van der Waals surface area (Å²) in [6.45, 7) is 7.60. The minimum atomic E-state index is -3.43. The van der Waals surface area contributed by atoms with Crippen molar-refractivity contribution >= 4 is 15.9 Å². The van der Waals surface area contributed by atoms with Crippen molar-refractivity contribution < 1.29 is 22.7 Å². The molecular formula is C24H32N2O5S. The van der Waals surface area contributed by atoms with E-state index in [0.29, 0.717) is 37.1 Å². The molecule has 1 heterocycles. The number of carbonyl (C=O) groups excluding carboxylic acids is 1. The van der Waals surface area contributed by atoms with Gasteiger partial charge in [-0.3, -0.25) is 4.79 Å². The van der Waals surface area contributed by atoms with E-state index in [1.807, 2.05) is 24.3 Å². The fourth-order valence-electron chi connectivity index (χ4n) is 3.58. The van der Waals surface area contributed by atoms with Gasteiger partial charge in [0.15, 0.2) is 6.10 Å². The number of nitrogens with zero attached hydrogens (tertiary/aromatic N) is 1. The van der Waals surface area contributed by atoms with Crippen LogP contribution in [0.4, 0.5) is 0 Å². The minimum Gasteiger partial charge on any atom is -0.492 e. The number of nitrogens with one attached hydrogen (secondary N) is 1. The molecule has 3 rings (SSSR count). The maximum Gasteiger partial charge on any atom is 0.260 e. The smallest absolute Gasteiger partial charge is 0.260 e. The second-order valence-corrected chi connectivity index (χ2v) is 10.1. The first kappa shape index (κ1) is 24.1. The van der Waals surface area contributed by atoms with Crippen LogP contribution in [-0.2, 0) is 14.8 Å². The van der Waals surface area contributed by atoms with Crippen LogP contribution in [-0.4, -0.2) is 51.0 Å². The third-order valence-electron chi connectivity index (χ3n) is 5.41. The lowest BCUT2D eigenvalue weighted by atomic mass is 10.0. The molecule has 32 heavy (non-hydrogen) atoms. The fraction of sp³-hybridized carbons (Fsp3) is 0.458. The quantitative estimate of drug-likeness (QED) is 0.548. The molecule has 1 aliphatic rings. The van der Waals surface area contributed by atoms with Gasteiger partial charge in [0.25, 0.3) is 5.91 Å². The van der Waals surface area contributed by atoms with Crippen molar-refractivity contribution in [3.8, 4) is 11.5 Å². The first-order valence-electron chi connectivity index (χ1n) is 11.1. The van der Waals surface area contributed by atoms with E-state index < -0.39 is 16.1 Å². The number of benzene rings is 2. The molecule has 1 N–H and O–H groups in total. The SMILES string of the molecule is CC(C)c1ccccc1O[C@@H](C)C(=O)NCCOc1ccc(S(=O)(=O)N2CCCC2)cc1. The van der Waals surface area contributed by atoms with Crippen molar-refractivity contribution in [2.75, 3.05) is 26.2 Å².